The number of carbonyl (C=O) groups excluding carboxylic acids is 1. The van der Waals surface area contributed by atoms with E-state index in [0.29, 0.717) is 34.5 Å². The number of nitrogens with zero attached hydrogens (tertiary/aromatic N) is 4. The Kier molecular flexibility index (Phi) is 5.71. The third-order valence-corrected chi connectivity index (χ3v) is 4.85. The van der Waals surface area contributed by atoms with Crippen molar-refractivity contribution in [3.8, 4) is 22.9 Å². The molecule has 0 atom stereocenters. The quantitative estimate of drug-likeness (QED) is 0.428. The minimum absolute atomic E-state index is 0.359. The summed E-state index contributed by atoms with van der Waals surface area (Å²) in [6.45, 7) is 3.48. The zero-order valence-electron chi connectivity index (χ0n) is 17.9. The maximum Gasteiger partial charge on any atom is 0.247 e. The molecule has 2 N–H and O–H groups in total. The third-order valence-electron chi connectivity index (χ3n) is 4.85. The summed E-state index contributed by atoms with van der Waals surface area (Å²) >= 11 is 0. The van der Waals surface area contributed by atoms with Gasteiger partial charge in [0.25, 0.3) is 0 Å². The minimum atomic E-state index is -0.360. The van der Waals surface area contributed by atoms with Gasteiger partial charge in [0.05, 0.1) is 42.5 Å². The number of nitrogens with one attached hydrogen (secondary N) is 2. The largest absolute Gasteiger partial charge is 0.494 e. The number of hydrogen-bond acceptors (Lipinski definition) is 7. The summed E-state index contributed by atoms with van der Waals surface area (Å²) in [5, 5.41) is 11.4. The molecule has 162 valence electrons. The van der Waals surface area contributed by atoms with Gasteiger partial charge in [0.15, 0.2) is 0 Å². The van der Waals surface area contributed by atoms with Crippen LogP contribution < -0.4 is 20.1 Å². The minimum Gasteiger partial charge on any atom is -0.494 e. The summed E-state index contributed by atoms with van der Waals surface area (Å²) in [6, 6.07) is 13.1. The molecule has 0 saturated heterocycles. The van der Waals surface area contributed by atoms with Crippen molar-refractivity contribution in [3.05, 3.63) is 61.3 Å². The van der Waals surface area contributed by atoms with E-state index in [1.54, 1.807) is 30.1 Å². The van der Waals surface area contributed by atoms with Crippen molar-refractivity contribution in [1.82, 2.24) is 19.7 Å². The van der Waals surface area contributed by atoms with Crippen LogP contribution in [0.5, 0.6) is 11.5 Å². The molecule has 0 aliphatic carbocycles. The van der Waals surface area contributed by atoms with Gasteiger partial charge >= 0.3 is 0 Å². The topological polar surface area (TPSA) is 103 Å². The lowest BCUT2D eigenvalue weighted by atomic mass is 10.1. The summed E-state index contributed by atoms with van der Waals surface area (Å²) in [4.78, 5) is 20.8. The zero-order chi connectivity index (χ0) is 22.7. The summed E-state index contributed by atoms with van der Waals surface area (Å²) in [7, 11) is 4.93. The predicted octanol–water partition coefficient (Wildman–Crippen LogP) is 3.92. The molecular formula is C23H22N6O3. The molecule has 2 aromatic carbocycles. The van der Waals surface area contributed by atoms with Crippen LogP contribution in [0.1, 0.15) is 0 Å². The fourth-order valence-corrected chi connectivity index (χ4v) is 3.40. The number of amides is 1. The molecule has 0 aliphatic heterocycles. The van der Waals surface area contributed by atoms with E-state index in [1.807, 2.05) is 37.4 Å². The lowest BCUT2D eigenvalue weighted by molar-refractivity contribution is -0.111. The molecule has 1 amide bonds. The van der Waals surface area contributed by atoms with Gasteiger partial charge in [0.2, 0.25) is 11.9 Å². The molecule has 0 saturated carbocycles. The second kappa shape index (κ2) is 8.76. The highest BCUT2D eigenvalue weighted by molar-refractivity contribution is 6.00. The average molecular weight is 430 g/mol. The number of methoxy groups -OCH3 is 2. The van der Waals surface area contributed by atoms with Crippen molar-refractivity contribution in [3.63, 3.8) is 0 Å². The molecule has 2 heterocycles. The van der Waals surface area contributed by atoms with Crippen LogP contribution in [0, 0.1) is 0 Å². The lowest BCUT2D eigenvalue weighted by Gasteiger charge is -2.16. The first-order valence-electron chi connectivity index (χ1n) is 9.75. The standard InChI is InChI=1S/C23H22N6O3/c1-5-21(30)25-17-12-18(20(32-4)13-19(17)31-3)27-23-24-11-10-16(26-23)22-14-8-6-7-9-15(14)28-29(22)2/h5-13H,1H2,2-4H3,(H,25,30)(H,24,26,27). The van der Waals surface area contributed by atoms with Crippen molar-refractivity contribution in [2.75, 3.05) is 24.9 Å². The Hall–Kier alpha value is -4.40. The Morgan fingerprint density at radius 1 is 1.09 bits per heavy atom. The molecule has 32 heavy (non-hydrogen) atoms. The Balaban J connectivity index is 1.73. The van der Waals surface area contributed by atoms with E-state index in [4.69, 9.17) is 9.47 Å². The molecule has 0 fully saturated rings. The van der Waals surface area contributed by atoms with Crippen LogP contribution in [0.25, 0.3) is 22.3 Å². The lowest BCUT2D eigenvalue weighted by Crippen LogP contribution is -2.09. The van der Waals surface area contributed by atoms with E-state index in [-0.39, 0.29) is 5.91 Å². The maximum atomic E-state index is 11.8. The van der Waals surface area contributed by atoms with Crippen molar-refractivity contribution < 1.29 is 14.3 Å². The molecule has 0 aliphatic rings. The van der Waals surface area contributed by atoms with E-state index in [9.17, 15) is 4.79 Å². The van der Waals surface area contributed by atoms with Crippen LogP contribution in [-0.4, -0.2) is 39.9 Å². The first-order valence-corrected chi connectivity index (χ1v) is 9.75. The molecule has 4 aromatic rings. The van der Waals surface area contributed by atoms with Crippen LogP contribution in [0.2, 0.25) is 0 Å². The van der Waals surface area contributed by atoms with Crippen LogP contribution in [0.3, 0.4) is 0 Å². The van der Waals surface area contributed by atoms with Gasteiger partial charge in [0.1, 0.15) is 11.5 Å². The highest BCUT2D eigenvalue weighted by atomic mass is 16.5. The van der Waals surface area contributed by atoms with Gasteiger partial charge < -0.3 is 20.1 Å². The number of benzene rings is 2. The van der Waals surface area contributed by atoms with Crippen molar-refractivity contribution >= 4 is 34.1 Å². The Morgan fingerprint density at radius 2 is 1.84 bits per heavy atom. The first-order chi connectivity index (χ1) is 15.5. The van der Waals surface area contributed by atoms with Gasteiger partial charge in [-0.2, -0.15) is 5.10 Å². The molecule has 9 nitrogen and oxygen atoms in total. The summed E-state index contributed by atoms with van der Waals surface area (Å²) in [5.74, 6) is 0.940. The van der Waals surface area contributed by atoms with E-state index in [0.717, 1.165) is 16.6 Å². The summed E-state index contributed by atoms with van der Waals surface area (Å²) < 4.78 is 12.6. The molecule has 4 rings (SSSR count). The van der Waals surface area contributed by atoms with Crippen LogP contribution >= 0.6 is 0 Å². The van der Waals surface area contributed by atoms with Gasteiger partial charge in [-0.1, -0.05) is 24.8 Å². The van der Waals surface area contributed by atoms with Crippen LogP contribution in [-0.2, 0) is 11.8 Å². The van der Waals surface area contributed by atoms with Gasteiger partial charge in [-0.05, 0) is 24.3 Å². The number of hydrogen-bond donors (Lipinski definition) is 2. The van der Waals surface area contributed by atoms with Crippen molar-refractivity contribution in [2.24, 2.45) is 7.05 Å². The number of aromatic nitrogens is 4. The Bertz CT molecular complexity index is 1310. The van der Waals surface area contributed by atoms with E-state index in [2.05, 4.69) is 32.3 Å². The highest BCUT2D eigenvalue weighted by Crippen LogP contribution is 2.37. The van der Waals surface area contributed by atoms with E-state index < -0.39 is 0 Å². The number of rotatable bonds is 7. The number of ether oxygens (including phenoxy) is 2. The van der Waals surface area contributed by atoms with E-state index in [1.165, 1.54) is 13.2 Å². The maximum absolute atomic E-state index is 11.8. The van der Waals surface area contributed by atoms with E-state index >= 15 is 0 Å². The third kappa shape index (κ3) is 3.95. The van der Waals surface area contributed by atoms with Gasteiger partial charge in [-0.15, -0.1) is 0 Å². The zero-order valence-corrected chi connectivity index (χ0v) is 17.9. The van der Waals surface area contributed by atoms with Gasteiger partial charge in [-0.25, -0.2) is 9.97 Å². The normalized spacial score (nSPS) is 10.6. The van der Waals surface area contributed by atoms with Gasteiger partial charge in [-0.3, -0.25) is 9.48 Å². The second-order valence-corrected chi connectivity index (χ2v) is 6.83. The first kappa shape index (κ1) is 20.9. The number of carbonyl (C=O) groups is 1. The van der Waals surface area contributed by atoms with Crippen LogP contribution in [0.4, 0.5) is 17.3 Å². The highest BCUT2D eigenvalue weighted by Gasteiger charge is 2.16. The summed E-state index contributed by atoms with van der Waals surface area (Å²) in [6.07, 6.45) is 2.85. The fourth-order valence-electron chi connectivity index (χ4n) is 3.40. The van der Waals surface area contributed by atoms with Crippen LogP contribution in [0.15, 0.2) is 61.3 Å². The number of aryl methyl sites for hydroxylation is 1. The van der Waals surface area contributed by atoms with Crippen molar-refractivity contribution in [2.45, 2.75) is 0 Å². The molecule has 0 bridgehead atoms. The SMILES string of the molecule is C=CC(=O)Nc1cc(Nc2nccc(-c3c4ccccc4nn3C)n2)c(OC)cc1OC. The molecule has 0 spiro atoms. The smallest absolute Gasteiger partial charge is 0.247 e. The molecule has 9 heteroatoms. The fraction of sp³-hybridized carbons (Fsp3) is 0.130. The second-order valence-electron chi connectivity index (χ2n) is 6.83. The molecule has 0 unspecified atom stereocenters. The van der Waals surface area contributed by atoms with Crippen molar-refractivity contribution in [1.29, 1.82) is 0 Å². The Labute approximate surface area is 184 Å². The molecular weight excluding hydrogens is 408 g/mol. The predicted molar refractivity (Wildman–Crippen MR) is 123 cm³/mol. The molecule has 2 aromatic heterocycles. The number of anilines is 3. The molecule has 0 radical (unpaired) electrons. The average Bonchev–Trinajstić information content (AvgIpc) is 3.15. The summed E-state index contributed by atoms with van der Waals surface area (Å²) in [5.41, 5.74) is 3.49. The van der Waals surface area contributed by atoms with Gasteiger partial charge in [0, 0.05) is 24.7 Å². The monoisotopic (exact) mass is 430 g/mol. The number of fused-ring (bicyclic) bond motifs is 1. The Morgan fingerprint density at radius 3 is 2.59 bits per heavy atom.